The highest BCUT2D eigenvalue weighted by Gasteiger charge is 2.34. The number of carbonyl (C=O) groups excluding carboxylic acids is 2. The number of hydrogen-bond donors (Lipinski definition) is 5. The van der Waals surface area contributed by atoms with Crippen LogP contribution in [0.25, 0.3) is 0 Å². The van der Waals surface area contributed by atoms with E-state index in [4.69, 9.17) is 10.9 Å². The van der Waals surface area contributed by atoms with Gasteiger partial charge in [-0.15, -0.1) is 11.3 Å². The molecule has 0 saturated heterocycles. The number of oxime groups is 1. The van der Waals surface area contributed by atoms with Crippen molar-refractivity contribution in [3.05, 3.63) is 81.8 Å². The second-order valence-corrected chi connectivity index (χ2v) is 15.4. The van der Waals surface area contributed by atoms with E-state index in [0.717, 1.165) is 10.6 Å². The predicted octanol–water partition coefficient (Wildman–Crippen LogP) is 3.40. The first-order valence-electron chi connectivity index (χ1n) is 16.2. The zero-order valence-electron chi connectivity index (χ0n) is 28.7. The summed E-state index contributed by atoms with van der Waals surface area (Å²) in [6.45, 7) is 7.89. The van der Waals surface area contributed by atoms with Gasteiger partial charge >= 0.3 is 6.03 Å². The highest BCUT2D eigenvalue weighted by atomic mass is 32.2. The van der Waals surface area contributed by atoms with E-state index in [1.165, 1.54) is 51.0 Å². The van der Waals surface area contributed by atoms with Gasteiger partial charge in [0.25, 0.3) is 0 Å². The van der Waals surface area contributed by atoms with Crippen LogP contribution in [0.3, 0.4) is 0 Å². The lowest BCUT2D eigenvalue weighted by molar-refractivity contribution is -0.125. The van der Waals surface area contributed by atoms with Crippen LogP contribution in [0.4, 0.5) is 4.79 Å². The highest BCUT2D eigenvalue weighted by Crippen LogP contribution is 2.20. The number of carbonyl (C=O) groups is 2. The standard InChI is InChI=1S/C34H49N7O6S2/c1-6-24(4)32(39-34(44)40(5)20-27-22-48-31(17-35)37-27)33(43)38-29(16-25-10-8-7-9-11-25)30(42)21-41(19-23(2)3)49(46,47)28-14-12-26(13-15-28)18-36-45/h7-15,18,22-24,29-30,32,42,45H,6,16-17,19-21,35H2,1-5H3,(H,38,43)(H,39,44)/b36-18+/t24-,29-,30+,32-/m0/s1. The molecule has 0 spiro atoms. The molecular formula is C34H49N7O6S2. The largest absolute Gasteiger partial charge is 0.411 e. The van der Waals surface area contributed by atoms with Crippen LogP contribution in [0.5, 0.6) is 0 Å². The number of urea groups is 1. The maximum absolute atomic E-state index is 13.9. The Morgan fingerprint density at radius 1 is 1.06 bits per heavy atom. The van der Waals surface area contributed by atoms with Gasteiger partial charge in [0.05, 0.1) is 35.5 Å². The first kappa shape index (κ1) is 39.5. The molecule has 0 fully saturated rings. The van der Waals surface area contributed by atoms with Crippen molar-refractivity contribution < 1.29 is 28.3 Å². The summed E-state index contributed by atoms with van der Waals surface area (Å²) >= 11 is 1.41. The Labute approximate surface area is 293 Å². The fourth-order valence-corrected chi connectivity index (χ4v) is 7.44. The minimum atomic E-state index is -4.06. The van der Waals surface area contributed by atoms with Crippen molar-refractivity contribution in [2.24, 2.45) is 22.7 Å². The number of rotatable bonds is 18. The third-order valence-corrected chi connectivity index (χ3v) is 10.8. The van der Waals surface area contributed by atoms with E-state index >= 15 is 0 Å². The number of nitrogens with zero attached hydrogens (tertiary/aromatic N) is 4. The van der Waals surface area contributed by atoms with Crippen LogP contribution < -0.4 is 16.4 Å². The lowest BCUT2D eigenvalue weighted by Gasteiger charge is -2.33. The lowest BCUT2D eigenvalue weighted by Crippen LogP contribution is -2.58. The molecule has 3 aromatic rings. The van der Waals surface area contributed by atoms with Gasteiger partial charge in [-0.05, 0) is 41.5 Å². The van der Waals surface area contributed by atoms with Gasteiger partial charge in [-0.1, -0.05) is 81.7 Å². The summed E-state index contributed by atoms with van der Waals surface area (Å²) in [5.41, 5.74) is 7.70. The lowest BCUT2D eigenvalue weighted by atomic mass is 9.96. The second-order valence-electron chi connectivity index (χ2n) is 12.5. The molecule has 1 heterocycles. The van der Waals surface area contributed by atoms with Crippen LogP contribution in [0.15, 0.2) is 70.0 Å². The fourth-order valence-electron chi connectivity index (χ4n) is 5.15. The Morgan fingerprint density at radius 3 is 2.31 bits per heavy atom. The number of aromatic nitrogens is 1. The van der Waals surface area contributed by atoms with E-state index in [2.05, 4.69) is 20.8 Å². The van der Waals surface area contributed by atoms with Crippen molar-refractivity contribution in [3.63, 3.8) is 0 Å². The van der Waals surface area contributed by atoms with E-state index < -0.39 is 40.1 Å². The molecule has 0 aliphatic carbocycles. The number of thiazole rings is 1. The smallest absolute Gasteiger partial charge is 0.318 e. The minimum Gasteiger partial charge on any atom is -0.411 e. The Kier molecular flexibility index (Phi) is 15.1. The third-order valence-electron chi connectivity index (χ3n) is 8.07. The van der Waals surface area contributed by atoms with Crippen molar-refractivity contribution in [2.75, 3.05) is 20.1 Å². The van der Waals surface area contributed by atoms with E-state index in [1.54, 1.807) is 7.05 Å². The van der Waals surface area contributed by atoms with Gasteiger partial charge in [-0.25, -0.2) is 18.2 Å². The first-order chi connectivity index (χ1) is 23.3. The number of nitrogens with two attached hydrogens (primary N) is 1. The molecule has 0 bridgehead atoms. The summed E-state index contributed by atoms with van der Waals surface area (Å²) in [4.78, 5) is 33.1. The Bertz CT molecular complexity index is 1620. The van der Waals surface area contributed by atoms with Crippen LogP contribution in [-0.4, -0.2) is 89.4 Å². The van der Waals surface area contributed by atoms with Crippen molar-refractivity contribution in [3.8, 4) is 0 Å². The molecule has 6 N–H and O–H groups in total. The van der Waals surface area contributed by atoms with E-state index in [0.29, 0.717) is 24.2 Å². The van der Waals surface area contributed by atoms with Gasteiger partial charge in [0, 0.05) is 32.1 Å². The number of nitrogens with one attached hydrogen (secondary N) is 2. The van der Waals surface area contributed by atoms with E-state index in [1.807, 2.05) is 63.4 Å². The van der Waals surface area contributed by atoms with Gasteiger partial charge in [0.2, 0.25) is 15.9 Å². The topological polar surface area (TPSA) is 191 Å². The van der Waals surface area contributed by atoms with Crippen LogP contribution >= 0.6 is 11.3 Å². The Morgan fingerprint density at radius 2 is 1.73 bits per heavy atom. The zero-order valence-corrected chi connectivity index (χ0v) is 30.3. The van der Waals surface area contributed by atoms with Crippen molar-refractivity contribution >= 4 is 39.5 Å². The summed E-state index contributed by atoms with van der Waals surface area (Å²) in [6, 6.07) is 12.8. The molecule has 0 aliphatic heterocycles. The monoisotopic (exact) mass is 715 g/mol. The van der Waals surface area contributed by atoms with Crippen molar-refractivity contribution in [1.29, 1.82) is 0 Å². The van der Waals surface area contributed by atoms with Crippen molar-refractivity contribution in [1.82, 2.24) is 24.8 Å². The van der Waals surface area contributed by atoms with Crippen LogP contribution in [0, 0.1) is 11.8 Å². The molecule has 3 rings (SSSR count). The first-order valence-corrected chi connectivity index (χ1v) is 18.6. The van der Waals surface area contributed by atoms with Gasteiger partial charge in [-0.2, -0.15) is 4.31 Å². The van der Waals surface area contributed by atoms with Crippen LogP contribution in [0.1, 0.15) is 55.9 Å². The minimum absolute atomic E-state index is 0.0136. The molecule has 4 atom stereocenters. The second kappa shape index (κ2) is 18.8. The van der Waals surface area contributed by atoms with E-state index in [9.17, 15) is 23.1 Å². The average Bonchev–Trinajstić information content (AvgIpc) is 3.54. The van der Waals surface area contributed by atoms with Gasteiger partial charge < -0.3 is 31.6 Å². The van der Waals surface area contributed by atoms with Crippen LogP contribution in [-0.2, 0) is 34.3 Å². The van der Waals surface area contributed by atoms with Crippen molar-refractivity contribution in [2.45, 2.75) is 76.7 Å². The molecule has 2 aromatic carbocycles. The molecule has 13 nitrogen and oxygen atoms in total. The van der Waals surface area contributed by atoms with Gasteiger partial charge in [-0.3, -0.25) is 4.79 Å². The SMILES string of the molecule is CC[C@H](C)[C@H](NC(=O)N(C)Cc1csc(CN)n1)C(=O)N[C@@H](Cc1ccccc1)[C@H](O)CN(CC(C)C)S(=O)(=O)c1ccc(/C=N/O)cc1. The summed E-state index contributed by atoms with van der Waals surface area (Å²) in [5.74, 6) is -0.820. The third kappa shape index (κ3) is 11.6. The summed E-state index contributed by atoms with van der Waals surface area (Å²) < 4.78 is 28.9. The quantitative estimate of drug-likeness (QED) is 0.0752. The molecule has 0 saturated carbocycles. The molecule has 1 aromatic heterocycles. The molecule has 0 aliphatic rings. The summed E-state index contributed by atoms with van der Waals surface area (Å²) in [5, 5.41) is 31.9. The highest BCUT2D eigenvalue weighted by molar-refractivity contribution is 7.89. The normalized spacial score (nSPS) is 14.5. The molecule has 49 heavy (non-hydrogen) atoms. The number of amides is 3. The number of sulfonamides is 1. The number of hydrogen-bond acceptors (Lipinski definition) is 10. The molecular weight excluding hydrogens is 667 g/mol. The van der Waals surface area contributed by atoms with Gasteiger partial charge in [0.1, 0.15) is 11.0 Å². The zero-order chi connectivity index (χ0) is 36.1. The molecule has 0 radical (unpaired) electrons. The van der Waals surface area contributed by atoms with E-state index in [-0.39, 0.29) is 42.8 Å². The predicted molar refractivity (Wildman–Crippen MR) is 191 cm³/mol. The number of aliphatic hydroxyl groups excluding tert-OH is 1. The molecule has 0 unspecified atom stereocenters. The summed E-state index contributed by atoms with van der Waals surface area (Å²) in [6.07, 6.45) is 0.682. The maximum atomic E-state index is 13.9. The van der Waals surface area contributed by atoms with Gasteiger partial charge in [0.15, 0.2) is 0 Å². The number of aliphatic hydroxyl groups is 1. The van der Waals surface area contributed by atoms with Crippen LogP contribution in [0.2, 0.25) is 0 Å². The number of benzene rings is 2. The summed E-state index contributed by atoms with van der Waals surface area (Å²) in [7, 11) is -2.45. The Balaban J connectivity index is 1.86. The maximum Gasteiger partial charge on any atom is 0.318 e. The fraction of sp³-hybridized carbons (Fsp3) is 0.471. The molecule has 15 heteroatoms. The Hall–Kier alpha value is -3.89. The molecule has 268 valence electrons. The average molecular weight is 716 g/mol. The molecule has 3 amide bonds.